The van der Waals surface area contributed by atoms with E-state index in [0.29, 0.717) is 12.5 Å². The lowest BCUT2D eigenvalue weighted by molar-refractivity contribution is -0.143. The van der Waals surface area contributed by atoms with Gasteiger partial charge in [-0.3, -0.25) is 9.59 Å². The molecule has 2 rings (SSSR count). The fourth-order valence-electron chi connectivity index (χ4n) is 2.77. The second-order valence-electron chi connectivity index (χ2n) is 6.21. The molecule has 25 heavy (non-hydrogen) atoms. The van der Waals surface area contributed by atoms with Gasteiger partial charge in [-0.05, 0) is 18.1 Å². The number of aliphatic carboxylic acids is 1. The van der Waals surface area contributed by atoms with E-state index in [0.717, 1.165) is 17.0 Å². The summed E-state index contributed by atoms with van der Waals surface area (Å²) >= 11 is 0. The Bertz CT molecular complexity index is 695. The highest BCUT2D eigenvalue weighted by Gasteiger charge is 2.38. The molecule has 0 radical (unpaired) electrons. The van der Waals surface area contributed by atoms with Gasteiger partial charge in [0.25, 0.3) is 0 Å². The van der Waals surface area contributed by atoms with E-state index in [-0.39, 0.29) is 24.6 Å². The first kappa shape index (κ1) is 18.8. The highest BCUT2D eigenvalue weighted by atomic mass is 19.1. The minimum atomic E-state index is -1.14. The van der Waals surface area contributed by atoms with E-state index in [9.17, 15) is 28.3 Å². The summed E-state index contributed by atoms with van der Waals surface area (Å²) in [6.45, 7) is 3.43. The molecule has 1 aromatic rings. The molecule has 136 valence electrons. The zero-order chi connectivity index (χ0) is 18.7. The molecule has 0 saturated carbocycles. The van der Waals surface area contributed by atoms with Crippen molar-refractivity contribution >= 4 is 23.5 Å². The number of nitrogens with one attached hydrogen (secondary N) is 1. The summed E-state index contributed by atoms with van der Waals surface area (Å²) < 4.78 is 26.9. The summed E-state index contributed by atoms with van der Waals surface area (Å²) in [6, 6.07) is 1.79. The fourth-order valence-corrected chi connectivity index (χ4v) is 2.77. The number of carbonyl (C=O) groups is 3. The predicted molar refractivity (Wildman–Crippen MR) is 85.8 cm³/mol. The van der Waals surface area contributed by atoms with E-state index in [2.05, 4.69) is 5.32 Å². The predicted octanol–water partition coefficient (Wildman–Crippen LogP) is 1.93. The largest absolute Gasteiger partial charge is 0.480 e. The molecule has 0 bridgehead atoms. The molecule has 1 aromatic carbocycles. The zero-order valence-corrected chi connectivity index (χ0v) is 14.0. The van der Waals surface area contributed by atoms with E-state index in [1.54, 1.807) is 6.92 Å². The molecule has 1 fully saturated rings. The summed E-state index contributed by atoms with van der Waals surface area (Å²) in [5, 5.41) is 11.7. The lowest BCUT2D eigenvalue weighted by Gasteiger charge is -2.22. The molecule has 8 heteroatoms. The van der Waals surface area contributed by atoms with Crippen molar-refractivity contribution in [3.63, 3.8) is 0 Å². The number of nitrogens with zero attached hydrogens (tertiary/aromatic N) is 1. The molecule has 6 nitrogen and oxygen atoms in total. The maximum atomic E-state index is 13.9. The van der Waals surface area contributed by atoms with E-state index in [1.807, 2.05) is 6.92 Å². The van der Waals surface area contributed by atoms with Crippen molar-refractivity contribution in [3.05, 3.63) is 29.8 Å². The fraction of sp³-hybridized carbons (Fsp3) is 0.471. The second kappa shape index (κ2) is 7.58. The van der Waals surface area contributed by atoms with E-state index >= 15 is 0 Å². The van der Waals surface area contributed by atoms with E-state index in [4.69, 9.17) is 0 Å². The topological polar surface area (TPSA) is 86.7 Å². The van der Waals surface area contributed by atoms with Crippen LogP contribution in [-0.2, 0) is 14.4 Å². The molecule has 1 heterocycles. The Morgan fingerprint density at radius 3 is 2.64 bits per heavy atom. The highest BCUT2D eigenvalue weighted by Crippen LogP contribution is 2.28. The molecule has 1 aliphatic heterocycles. The van der Waals surface area contributed by atoms with Crippen molar-refractivity contribution in [1.82, 2.24) is 5.32 Å². The SMILES string of the molecule is CCC(C)C(NC(=O)C1CC(=O)N(c2ccc(F)cc2F)C1)C(=O)O. The molecular formula is C17H20F2N2O4. The number of benzene rings is 1. The molecule has 0 aliphatic carbocycles. The van der Waals surface area contributed by atoms with Gasteiger partial charge in [-0.25, -0.2) is 13.6 Å². The molecule has 3 atom stereocenters. The van der Waals surface area contributed by atoms with Gasteiger partial charge in [0.05, 0.1) is 11.6 Å². The first-order chi connectivity index (χ1) is 11.7. The Morgan fingerprint density at radius 1 is 1.40 bits per heavy atom. The van der Waals surface area contributed by atoms with Crippen molar-refractivity contribution in [2.24, 2.45) is 11.8 Å². The van der Waals surface area contributed by atoms with Gasteiger partial charge in [-0.2, -0.15) is 0 Å². The van der Waals surface area contributed by atoms with Gasteiger partial charge in [-0.15, -0.1) is 0 Å². The molecule has 1 saturated heterocycles. The standard InChI is InChI=1S/C17H20F2N2O4/c1-3-9(2)15(17(24)25)20-16(23)10-6-14(22)21(8-10)13-5-4-11(18)7-12(13)19/h4-5,7,9-10,15H,3,6,8H2,1-2H3,(H,20,23)(H,24,25). The third-order valence-electron chi connectivity index (χ3n) is 4.47. The molecule has 2 N–H and O–H groups in total. The number of amides is 2. The van der Waals surface area contributed by atoms with Crippen LogP contribution in [0.4, 0.5) is 14.5 Å². The number of carboxylic acids is 1. The maximum absolute atomic E-state index is 13.9. The molecule has 3 unspecified atom stereocenters. The number of carboxylic acid groups (broad SMARTS) is 1. The normalized spacial score (nSPS) is 19.6. The van der Waals surface area contributed by atoms with Crippen molar-refractivity contribution in [1.29, 1.82) is 0 Å². The van der Waals surface area contributed by atoms with Crippen LogP contribution >= 0.6 is 0 Å². The summed E-state index contributed by atoms with van der Waals surface area (Å²) in [7, 11) is 0. The van der Waals surface area contributed by atoms with Gasteiger partial charge in [-0.1, -0.05) is 20.3 Å². The third kappa shape index (κ3) is 4.12. The Kier molecular flexibility index (Phi) is 5.71. The van der Waals surface area contributed by atoms with E-state index < -0.39 is 41.4 Å². The van der Waals surface area contributed by atoms with Crippen LogP contribution < -0.4 is 10.2 Å². The number of rotatable bonds is 6. The van der Waals surface area contributed by atoms with Crippen molar-refractivity contribution in [2.75, 3.05) is 11.4 Å². The van der Waals surface area contributed by atoms with Crippen LogP contribution in [0.5, 0.6) is 0 Å². The van der Waals surface area contributed by atoms with E-state index in [1.165, 1.54) is 0 Å². The Balaban J connectivity index is 2.11. The van der Waals surface area contributed by atoms with Crippen LogP contribution in [0.25, 0.3) is 0 Å². The number of hydrogen-bond acceptors (Lipinski definition) is 3. The zero-order valence-electron chi connectivity index (χ0n) is 14.0. The van der Waals surface area contributed by atoms with Gasteiger partial charge in [0, 0.05) is 19.0 Å². The molecule has 1 aliphatic rings. The monoisotopic (exact) mass is 354 g/mol. The summed E-state index contributed by atoms with van der Waals surface area (Å²) in [4.78, 5) is 36.8. The molecule has 2 amide bonds. The second-order valence-corrected chi connectivity index (χ2v) is 6.21. The van der Waals surface area contributed by atoms with Gasteiger partial charge < -0.3 is 15.3 Å². The van der Waals surface area contributed by atoms with Crippen molar-refractivity contribution in [2.45, 2.75) is 32.7 Å². The van der Waals surface area contributed by atoms with Gasteiger partial charge >= 0.3 is 5.97 Å². The van der Waals surface area contributed by atoms with Crippen LogP contribution in [0.3, 0.4) is 0 Å². The first-order valence-corrected chi connectivity index (χ1v) is 8.03. The lowest BCUT2D eigenvalue weighted by Crippen LogP contribution is -2.47. The molecule has 0 aromatic heterocycles. The van der Waals surface area contributed by atoms with Crippen LogP contribution in [0.15, 0.2) is 18.2 Å². The minimum absolute atomic E-state index is 0.0833. The number of anilines is 1. The van der Waals surface area contributed by atoms with Crippen LogP contribution in [0.1, 0.15) is 26.7 Å². The van der Waals surface area contributed by atoms with Crippen LogP contribution in [0, 0.1) is 23.5 Å². The van der Waals surface area contributed by atoms with Crippen molar-refractivity contribution < 1.29 is 28.3 Å². The third-order valence-corrected chi connectivity index (χ3v) is 4.47. The highest BCUT2D eigenvalue weighted by molar-refractivity contribution is 6.00. The average Bonchev–Trinajstić information content (AvgIpc) is 2.93. The summed E-state index contributed by atoms with van der Waals surface area (Å²) in [5.74, 6) is -4.90. The number of hydrogen-bond donors (Lipinski definition) is 2. The molecule has 0 spiro atoms. The summed E-state index contributed by atoms with van der Waals surface area (Å²) in [5.41, 5.74) is -0.0987. The maximum Gasteiger partial charge on any atom is 0.326 e. The Morgan fingerprint density at radius 2 is 2.08 bits per heavy atom. The van der Waals surface area contributed by atoms with Crippen LogP contribution in [0.2, 0.25) is 0 Å². The Labute approximate surface area is 143 Å². The van der Waals surface area contributed by atoms with Crippen molar-refractivity contribution in [3.8, 4) is 0 Å². The van der Waals surface area contributed by atoms with Gasteiger partial charge in [0.2, 0.25) is 11.8 Å². The average molecular weight is 354 g/mol. The number of carbonyl (C=O) groups excluding carboxylic acids is 2. The molecular weight excluding hydrogens is 334 g/mol. The Hall–Kier alpha value is -2.51. The lowest BCUT2D eigenvalue weighted by atomic mass is 9.98. The van der Waals surface area contributed by atoms with Gasteiger partial charge in [0.15, 0.2) is 0 Å². The smallest absolute Gasteiger partial charge is 0.326 e. The summed E-state index contributed by atoms with van der Waals surface area (Å²) in [6.07, 6.45) is 0.406. The van der Waals surface area contributed by atoms with Gasteiger partial charge in [0.1, 0.15) is 17.7 Å². The van der Waals surface area contributed by atoms with Crippen LogP contribution in [-0.4, -0.2) is 35.5 Å². The number of halogens is 2. The quantitative estimate of drug-likeness (QED) is 0.817. The minimum Gasteiger partial charge on any atom is -0.480 e. The first-order valence-electron chi connectivity index (χ1n) is 8.03.